The summed E-state index contributed by atoms with van der Waals surface area (Å²) in [7, 11) is 0. The zero-order valence-electron chi connectivity index (χ0n) is 4.09. The highest BCUT2D eigenvalue weighted by atomic mass is 16.2. The van der Waals surface area contributed by atoms with E-state index in [1.54, 1.807) is 0 Å². The van der Waals surface area contributed by atoms with Gasteiger partial charge in [-0.2, -0.15) is 5.26 Å². The lowest BCUT2D eigenvalue weighted by Crippen LogP contribution is -1.80. The summed E-state index contributed by atoms with van der Waals surface area (Å²) in [5.41, 5.74) is 0. The van der Waals surface area contributed by atoms with Crippen LogP contribution in [0.25, 0.3) is 0 Å². The number of rotatable bonds is 3. The van der Waals surface area contributed by atoms with Gasteiger partial charge in [-0.25, -0.2) is 0 Å². The summed E-state index contributed by atoms with van der Waals surface area (Å²) in [6.45, 7) is 0.179. The number of unbranched alkanes of at least 4 members (excludes halogenated alkanes) is 2. The van der Waals surface area contributed by atoms with Crippen molar-refractivity contribution in [2.24, 2.45) is 0 Å². The van der Waals surface area contributed by atoms with Gasteiger partial charge < -0.3 is 5.11 Å². The molecule has 0 rings (SSSR count). The smallest absolute Gasteiger partial charge is 0.0669 e. The van der Waals surface area contributed by atoms with Crippen LogP contribution in [0.4, 0.5) is 0 Å². The highest BCUT2D eigenvalue weighted by Gasteiger charge is 1.81. The number of hydrogen-bond donors (Lipinski definition) is 1. The van der Waals surface area contributed by atoms with Crippen LogP contribution in [0.2, 0.25) is 0 Å². The van der Waals surface area contributed by atoms with Gasteiger partial charge in [0.25, 0.3) is 0 Å². The van der Waals surface area contributed by atoms with Gasteiger partial charge in [-0.15, -0.1) is 0 Å². The van der Waals surface area contributed by atoms with Crippen molar-refractivity contribution in [3.05, 3.63) is 6.42 Å². The standard InChI is InChI=1S/C5H8NO/c6-4-2-1-3-5-7/h2,7H,1,3,5H2. The van der Waals surface area contributed by atoms with Crippen molar-refractivity contribution in [3.63, 3.8) is 0 Å². The van der Waals surface area contributed by atoms with Gasteiger partial charge in [-0.3, -0.25) is 0 Å². The first-order chi connectivity index (χ1) is 3.41. The molecule has 0 bridgehead atoms. The summed E-state index contributed by atoms with van der Waals surface area (Å²) in [6.07, 6.45) is 2.89. The average molecular weight is 98.1 g/mol. The first-order valence-electron chi connectivity index (χ1n) is 2.24. The van der Waals surface area contributed by atoms with E-state index in [0.717, 1.165) is 0 Å². The maximum Gasteiger partial charge on any atom is 0.0669 e. The van der Waals surface area contributed by atoms with Gasteiger partial charge in [-0.05, 0) is 12.8 Å². The number of aliphatic hydroxyl groups is 1. The normalized spacial score (nSPS) is 8.00. The Balaban J connectivity index is 2.60. The van der Waals surface area contributed by atoms with Crippen molar-refractivity contribution in [1.29, 1.82) is 5.26 Å². The molecule has 2 nitrogen and oxygen atoms in total. The molecule has 0 amide bonds. The molecule has 0 aliphatic heterocycles. The third kappa shape index (κ3) is 5.45. The Morgan fingerprint density at radius 2 is 2.43 bits per heavy atom. The molecule has 0 unspecified atom stereocenters. The fourth-order valence-electron chi connectivity index (χ4n) is 0.258. The zero-order chi connectivity index (χ0) is 5.54. The second-order valence-electron chi connectivity index (χ2n) is 1.20. The maximum atomic E-state index is 8.16. The van der Waals surface area contributed by atoms with Gasteiger partial charge in [0.2, 0.25) is 0 Å². The minimum absolute atomic E-state index is 0.179. The lowest BCUT2D eigenvalue weighted by atomic mass is 10.3. The first kappa shape index (κ1) is 6.45. The third-order valence-electron chi connectivity index (χ3n) is 0.598. The highest BCUT2D eigenvalue weighted by molar-refractivity contribution is 4.89. The molecule has 0 fully saturated rings. The van der Waals surface area contributed by atoms with Crippen LogP contribution in [0.5, 0.6) is 0 Å². The predicted molar refractivity (Wildman–Crippen MR) is 26.2 cm³/mol. The molecule has 0 aromatic rings. The molecule has 39 valence electrons. The second kappa shape index (κ2) is 5.45. The van der Waals surface area contributed by atoms with Crippen molar-refractivity contribution in [2.45, 2.75) is 12.8 Å². The fraction of sp³-hybridized carbons (Fsp3) is 0.600. The number of aliphatic hydroxyl groups excluding tert-OH is 1. The van der Waals surface area contributed by atoms with Gasteiger partial charge in [0.15, 0.2) is 0 Å². The Morgan fingerprint density at radius 1 is 1.71 bits per heavy atom. The van der Waals surface area contributed by atoms with E-state index in [9.17, 15) is 0 Å². The first-order valence-corrected chi connectivity index (χ1v) is 2.24. The summed E-state index contributed by atoms with van der Waals surface area (Å²) in [5.74, 6) is 0. The zero-order valence-corrected chi connectivity index (χ0v) is 4.09. The van der Waals surface area contributed by atoms with E-state index in [2.05, 4.69) is 0 Å². The largest absolute Gasteiger partial charge is 0.396 e. The average Bonchev–Trinajstić information content (AvgIpc) is 1.69. The summed E-state index contributed by atoms with van der Waals surface area (Å²) in [6, 6.07) is 1.87. The summed E-state index contributed by atoms with van der Waals surface area (Å²) in [5, 5.41) is 16.1. The van der Waals surface area contributed by atoms with Gasteiger partial charge in [0, 0.05) is 6.61 Å². The van der Waals surface area contributed by atoms with Gasteiger partial charge in [0.05, 0.1) is 12.5 Å². The van der Waals surface area contributed by atoms with Gasteiger partial charge in [-0.1, -0.05) is 0 Å². The van der Waals surface area contributed by atoms with E-state index in [1.807, 2.05) is 6.07 Å². The van der Waals surface area contributed by atoms with Crippen LogP contribution < -0.4 is 0 Å². The lowest BCUT2D eigenvalue weighted by molar-refractivity contribution is 0.288. The van der Waals surface area contributed by atoms with Crippen LogP contribution in [0.3, 0.4) is 0 Å². The maximum absolute atomic E-state index is 8.16. The van der Waals surface area contributed by atoms with E-state index in [1.165, 1.54) is 6.42 Å². The van der Waals surface area contributed by atoms with Crippen molar-refractivity contribution in [2.75, 3.05) is 6.61 Å². The van der Waals surface area contributed by atoms with Crippen LogP contribution in [0, 0.1) is 17.8 Å². The van der Waals surface area contributed by atoms with Crippen molar-refractivity contribution in [3.8, 4) is 6.07 Å². The number of nitriles is 1. The number of nitrogens with zero attached hydrogens (tertiary/aromatic N) is 1. The topological polar surface area (TPSA) is 44.0 Å². The SMILES string of the molecule is N#C[CH]CCCO. The molecule has 0 aliphatic rings. The third-order valence-corrected chi connectivity index (χ3v) is 0.598. The molecule has 1 radical (unpaired) electrons. The molecule has 0 heterocycles. The minimum Gasteiger partial charge on any atom is -0.396 e. The van der Waals surface area contributed by atoms with Crippen molar-refractivity contribution in [1.82, 2.24) is 0 Å². The van der Waals surface area contributed by atoms with Gasteiger partial charge >= 0.3 is 0 Å². The van der Waals surface area contributed by atoms with Gasteiger partial charge in [0.1, 0.15) is 0 Å². The van der Waals surface area contributed by atoms with Crippen LogP contribution >= 0.6 is 0 Å². The summed E-state index contributed by atoms with van der Waals surface area (Å²) >= 11 is 0. The molecule has 0 saturated carbocycles. The second-order valence-corrected chi connectivity index (χ2v) is 1.20. The molecule has 0 spiro atoms. The highest BCUT2D eigenvalue weighted by Crippen LogP contribution is 1.88. The predicted octanol–water partition coefficient (Wildman–Crippen LogP) is 0.487. The molecule has 0 aromatic carbocycles. The molecule has 0 aromatic heterocycles. The molecular weight excluding hydrogens is 90.1 g/mol. The van der Waals surface area contributed by atoms with E-state index in [4.69, 9.17) is 10.4 Å². The van der Waals surface area contributed by atoms with E-state index in [0.29, 0.717) is 12.8 Å². The molecule has 0 aliphatic carbocycles. The Labute approximate surface area is 43.4 Å². The Bertz CT molecular complexity index is 65.0. The molecule has 1 N–H and O–H groups in total. The van der Waals surface area contributed by atoms with E-state index < -0.39 is 0 Å². The fourth-order valence-corrected chi connectivity index (χ4v) is 0.258. The monoisotopic (exact) mass is 98.1 g/mol. The van der Waals surface area contributed by atoms with Crippen LogP contribution in [-0.4, -0.2) is 11.7 Å². The molecule has 7 heavy (non-hydrogen) atoms. The van der Waals surface area contributed by atoms with E-state index in [-0.39, 0.29) is 6.61 Å². The Kier molecular flexibility index (Phi) is 5.02. The molecule has 0 atom stereocenters. The molecule has 2 heteroatoms. The minimum atomic E-state index is 0.179. The summed E-state index contributed by atoms with van der Waals surface area (Å²) in [4.78, 5) is 0. The van der Waals surface area contributed by atoms with Crippen LogP contribution in [0.1, 0.15) is 12.8 Å². The van der Waals surface area contributed by atoms with Crippen LogP contribution in [0.15, 0.2) is 0 Å². The lowest BCUT2D eigenvalue weighted by Gasteiger charge is -1.84. The summed E-state index contributed by atoms with van der Waals surface area (Å²) < 4.78 is 0. The Morgan fingerprint density at radius 3 is 2.86 bits per heavy atom. The van der Waals surface area contributed by atoms with Crippen molar-refractivity contribution >= 4 is 0 Å². The number of hydrogen-bond acceptors (Lipinski definition) is 2. The van der Waals surface area contributed by atoms with Crippen molar-refractivity contribution < 1.29 is 5.11 Å². The van der Waals surface area contributed by atoms with E-state index >= 15 is 0 Å². The molecule has 0 saturated heterocycles. The molecular formula is C5H8NO. The quantitative estimate of drug-likeness (QED) is 0.522. The van der Waals surface area contributed by atoms with Crippen LogP contribution in [-0.2, 0) is 0 Å². The Hall–Kier alpha value is -0.550.